The number of hydrogen-bond acceptors (Lipinski definition) is 4. The van der Waals surface area contributed by atoms with Gasteiger partial charge in [0, 0.05) is 23.9 Å². The van der Waals surface area contributed by atoms with Gasteiger partial charge in [0.1, 0.15) is 5.01 Å². The van der Waals surface area contributed by atoms with Crippen molar-refractivity contribution in [3.05, 3.63) is 69.7 Å². The summed E-state index contributed by atoms with van der Waals surface area (Å²) in [4.78, 5) is 4.63. The first-order valence-corrected chi connectivity index (χ1v) is 10.5. The first-order chi connectivity index (χ1) is 12.0. The van der Waals surface area contributed by atoms with Gasteiger partial charge in [-0.3, -0.25) is 0 Å². The number of nitrogens with one attached hydrogen (secondary N) is 1. The molecule has 25 heavy (non-hydrogen) atoms. The van der Waals surface area contributed by atoms with E-state index in [1.807, 2.05) is 35.7 Å². The Hall–Kier alpha value is -1.44. The monoisotopic (exact) mass is 412 g/mol. The summed E-state index contributed by atoms with van der Waals surface area (Å²) in [6.45, 7) is 0.251. The van der Waals surface area contributed by atoms with Crippen LogP contribution in [0.1, 0.15) is 5.69 Å². The summed E-state index contributed by atoms with van der Waals surface area (Å²) in [7, 11) is -3.63. The molecule has 3 aromatic rings. The van der Waals surface area contributed by atoms with Gasteiger partial charge in [0.25, 0.3) is 0 Å². The molecule has 0 aliphatic heterocycles. The second-order valence-electron chi connectivity index (χ2n) is 5.23. The highest BCUT2D eigenvalue weighted by atomic mass is 35.5. The summed E-state index contributed by atoms with van der Waals surface area (Å²) < 4.78 is 27.1. The molecule has 0 saturated carbocycles. The molecule has 0 radical (unpaired) electrons. The zero-order valence-corrected chi connectivity index (χ0v) is 16.1. The molecule has 0 aliphatic rings. The van der Waals surface area contributed by atoms with Crippen LogP contribution in [0, 0.1) is 0 Å². The van der Waals surface area contributed by atoms with Crippen LogP contribution in [-0.2, 0) is 16.4 Å². The molecule has 0 spiro atoms. The van der Waals surface area contributed by atoms with Crippen molar-refractivity contribution >= 4 is 44.6 Å². The van der Waals surface area contributed by atoms with Crippen molar-refractivity contribution < 1.29 is 8.42 Å². The largest absolute Gasteiger partial charge is 0.241 e. The molecule has 2 aromatic carbocycles. The number of hydrogen-bond donors (Lipinski definition) is 1. The van der Waals surface area contributed by atoms with Crippen molar-refractivity contribution in [3.63, 3.8) is 0 Å². The molecule has 0 atom stereocenters. The first kappa shape index (κ1) is 18.4. The maximum absolute atomic E-state index is 12.3. The third kappa shape index (κ3) is 4.59. The second-order valence-corrected chi connectivity index (χ2v) is 8.67. The average Bonchev–Trinajstić information content (AvgIpc) is 3.07. The minimum atomic E-state index is -3.63. The Bertz CT molecular complexity index is 973. The van der Waals surface area contributed by atoms with E-state index in [1.165, 1.54) is 18.2 Å². The molecule has 4 nitrogen and oxygen atoms in total. The predicted octanol–water partition coefficient (Wildman–Crippen LogP) is 4.64. The van der Waals surface area contributed by atoms with E-state index in [9.17, 15) is 8.42 Å². The third-order valence-corrected chi connectivity index (χ3v) is 6.58. The fourth-order valence-electron chi connectivity index (χ4n) is 2.18. The molecule has 0 aliphatic carbocycles. The molecule has 3 rings (SSSR count). The highest BCUT2D eigenvalue weighted by Gasteiger charge is 2.15. The van der Waals surface area contributed by atoms with E-state index in [0.29, 0.717) is 11.4 Å². The van der Waals surface area contributed by atoms with Gasteiger partial charge in [-0.15, -0.1) is 11.3 Å². The van der Waals surface area contributed by atoms with Gasteiger partial charge < -0.3 is 0 Å². The van der Waals surface area contributed by atoms with E-state index in [-0.39, 0.29) is 16.5 Å². The maximum Gasteiger partial charge on any atom is 0.240 e. The maximum atomic E-state index is 12.3. The molecule has 0 bridgehead atoms. The minimum absolute atomic E-state index is 0.0881. The summed E-state index contributed by atoms with van der Waals surface area (Å²) in [6.07, 6.45) is 0.504. The van der Waals surface area contributed by atoms with Crippen LogP contribution in [-0.4, -0.2) is 19.9 Å². The van der Waals surface area contributed by atoms with E-state index in [2.05, 4.69) is 9.71 Å². The molecule has 1 N–H and O–H groups in total. The summed E-state index contributed by atoms with van der Waals surface area (Å²) >= 11 is 13.2. The molecule has 1 aromatic heterocycles. The predicted molar refractivity (Wildman–Crippen MR) is 103 cm³/mol. The highest BCUT2D eigenvalue weighted by molar-refractivity contribution is 7.89. The lowest BCUT2D eigenvalue weighted by molar-refractivity contribution is 0.581. The first-order valence-electron chi connectivity index (χ1n) is 7.40. The Labute approximate surface area is 160 Å². The Morgan fingerprint density at radius 2 is 1.80 bits per heavy atom. The molecule has 8 heteroatoms. The van der Waals surface area contributed by atoms with Crippen LogP contribution >= 0.6 is 34.5 Å². The van der Waals surface area contributed by atoms with E-state index < -0.39 is 10.0 Å². The van der Waals surface area contributed by atoms with Crippen molar-refractivity contribution in [3.8, 4) is 10.6 Å². The lowest BCUT2D eigenvalue weighted by Gasteiger charge is -2.07. The van der Waals surface area contributed by atoms with Crippen LogP contribution in [0.4, 0.5) is 0 Å². The summed E-state index contributed by atoms with van der Waals surface area (Å²) in [6, 6.07) is 14.1. The Balaban J connectivity index is 1.63. The van der Waals surface area contributed by atoms with Gasteiger partial charge in [0.05, 0.1) is 20.6 Å². The molecule has 130 valence electrons. The SMILES string of the molecule is O=S(=O)(NCCc1csc(-c2ccccc2)n1)c1ccc(Cl)c(Cl)c1. The van der Waals surface area contributed by atoms with Crippen LogP contribution in [0.3, 0.4) is 0 Å². The average molecular weight is 413 g/mol. The van der Waals surface area contributed by atoms with Crippen LogP contribution < -0.4 is 4.72 Å². The Morgan fingerprint density at radius 3 is 2.52 bits per heavy atom. The molecule has 0 fully saturated rings. The van der Waals surface area contributed by atoms with Gasteiger partial charge >= 0.3 is 0 Å². The van der Waals surface area contributed by atoms with E-state index >= 15 is 0 Å². The number of aromatic nitrogens is 1. The number of sulfonamides is 1. The van der Waals surface area contributed by atoms with Crippen molar-refractivity contribution in [1.82, 2.24) is 9.71 Å². The van der Waals surface area contributed by atoms with Gasteiger partial charge in [-0.05, 0) is 18.2 Å². The Morgan fingerprint density at radius 1 is 1.04 bits per heavy atom. The topological polar surface area (TPSA) is 59.1 Å². The van der Waals surface area contributed by atoms with E-state index in [0.717, 1.165) is 16.3 Å². The van der Waals surface area contributed by atoms with Crippen LogP contribution in [0.2, 0.25) is 10.0 Å². The van der Waals surface area contributed by atoms with Crippen LogP contribution in [0.25, 0.3) is 10.6 Å². The summed E-state index contributed by atoms with van der Waals surface area (Å²) in [5, 5.41) is 3.38. The van der Waals surface area contributed by atoms with Gasteiger partial charge in [0.15, 0.2) is 0 Å². The molecular formula is C17H14Cl2N2O2S2. The lowest BCUT2D eigenvalue weighted by Crippen LogP contribution is -2.26. The van der Waals surface area contributed by atoms with Gasteiger partial charge in [-0.2, -0.15) is 0 Å². The van der Waals surface area contributed by atoms with Crippen molar-refractivity contribution in [1.29, 1.82) is 0 Å². The standard InChI is InChI=1S/C17H14Cl2N2O2S2/c18-15-7-6-14(10-16(15)19)25(22,23)20-9-8-13-11-24-17(21-13)12-4-2-1-3-5-12/h1-7,10-11,20H,8-9H2. The zero-order valence-electron chi connectivity index (χ0n) is 12.9. The number of benzene rings is 2. The molecule has 0 amide bonds. The zero-order chi connectivity index (χ0) is 17.9. The number of nitrogens with zero attached hydrogens (tertiary/aromatic N) is 1. The van der Waals surface area contributed by atoms with E-state index in [4.69, 9.17) is 23.2 Å². The number of thiazole rings is 1. The molecular weight excluding hydrogens is 399 g/mol. The van der Waals surface area contributed by atoms with Gasteiger partial charge in [0.2, 0.25) is 10.0 Å². The molecule has 0 unspecified atom stereocenters. The van der Waals surface area contributed by atoms with Crippen molar-refractivity contribution in [2.75, 3.05) is 6.54 Å². The summed E-state index contributed by atoms with van der Waals surface area (Å²) in [5.74, 6) is 0. The summed E-state index contributed by atoms with van der Waals surface area (Å²) in [5.41, 5.74) is 1.90. The van der Waals surface area contributed by atoms with Gasteiger partial charge in [-0.25, -0.2) is 18.1 Å². The fraction of sp³-hybridized carbons (Fsp3) is 0.118. The third-order valence-electron chi connectivity index (χ3n) is 3.45. The van der Waals surface area contributed by atoms with Crippen LogP contribution in [0.5, 0.6) is 0 Å². The molecule has 0 saturated heterocycles. The minimum Gasteiger partial charge on any atom is -0.241 e. The van der Waals surface area contributed by atoms with Crippen LogP contribution in [0.15, 0.2) is 58.8 Å². The van der Waals surface area contributed by atoms with Crippen molar-refractivity contribution in [2.45, 2.75) is 11.3 Å². The number of rotatable bonds is 6. The smallest absolute Gasteiger partial charge is 0.240 e. The van der Waals surface area contributed by atoms with Gasteiger partial charge in [-0.1, -0.05) is 53.5 Å². The number of halogens is 2. The second kappa shape index (κ2) is 7.85. The Kier molecular flexibility index (Phi) is 5.76. The lowest BCUT2D eigenvalue weighted by atomic mass is 10.2. The van der Waals surface area contributed by atoms with E-state index in [1.54, 1.807) is 11.3 Å². The normalized spacial score (nSPS) is 11.6. The molecule has 1 heterocycles. The highest BCUT2D eigenvalue weighted by Crippen LogP contribution is 2.25. The fourth-order valence-corrected chi connectivity index (χ4v) is 4.46. The van der Waals surface area contributed by atoms with Crippen molar-refractivity contribution in [2.24, 2.45) is 0 Å². The quantitative estimate of drug-likeness (QED) is 0.641.